The molecule has 2 aliphatic carbocycles. The molecule has 6 aromatic carbocycles. The van der Waals surface area contributed by atoms with E-state index in [4.69, 9.17) is 18.9 Å². The van der Waals surface area contributed by atoms with E-state index in [-0.39, 0.29) is 36.9 Å². The van der Waals surface area contributed by atoms with Gasteiger partial charge in [-0.15, -0.1) is 0 Å². The molecule has 4 aliphatic rings. The van der Waals surface area contributed by atoms with Crippen molar-refractivity contribution in [3.05, 3.63) is 197 Å². The summed E-state index contributed by atoms with van der Waals surface area (Å²) in [6.07, 6.45) is -1.80. The number of ether oxygens (including phenoxy) is 4. The first-order valence-electron chi connectivity index (χ1n) is 24.1. The maximum absolute atomic E-state index is 13.3. The van der Waals surface area contributed by atoms with Gasteiger partial charge in [0.05, 0.1) is 46.5 Å². The minimum Gasteiger partial charge on any atom is -0.462 e. The first kappa shape index (κ1) is 53.5. The summed E-state index contributed by atoms with van der Waals surface area (Å²) in [6, 6.07) is 43.0. The second-order valence-electron chi connectivity index (χ2n) is 19.8. The normalized spacial score (nSPS) is 27.9. The number of carbonyl (C=O) groups excluding carboxylic acids is 4. The Balaban J connectivity index is 0.000000182. The van der Waals surface area contributed by atoms with Gasteiger partial charge in [-0.1, -0.05) is 114 Å². The zero-order valence-corrected chi connectivity index (χ0v) is 47.6. The fraction of sp³-hybridized carbons (Fsp3) is 0.310. The van der Waals surface area contributed by atoms with E-state index in [0.29, 0.717) is 33.4 Å². The van der Waals surface area contributed by atoms with Gasteiger partial charge in [-0.2, -0.15) is 0 Å². The standard InChI is InChI=1S/2C29H27Br2NO5/c2*1-17-23(16-36-25(33)18-8-12-20(30)13-9-18)28(2)27(37-26(34)19-10-14-21(31)15-11-19)29(17,35)22-6-4-5-7-24(22)32(28)3/h2*4-15,17,23,27,35H,16H2,1-3H3/t2*17-,23-,27-,28-,29+/m10/s1. The first-order valence-corrected chi connectivity index (χ1v) is 27.2. The Morgan fingerprint density at radius 1 is 0.459 bits per heavy atom. The molecule has 4 bridgehead atoms. The van der Waals surface area contributed by atoms with Gasteiger partial charge in [0.1, 0.15) is 11.2 Å². The summed E-state index contributed by atoms with van der Waals surface area (Å²) in [5, 5.41) is 24.7. The van der Waals surface area contributed by atoms with Crippen molar-refractivity contribution in [2.24, 2.45) is 23.7 Å². The zero-order chi connectivity index (χ0) is 53.1. The van der Waals surface area contributed by atoms with Crippen LogP contribution in [0.1, 0.15) is 80.3 Å². The fourth-order valence-electron chi connectivity index (χ4n) is 12.0. The monoisotopic (exact) mass is 1250 g/mol. The molecule has 0 aromatic heterocycles. The quantitative estimate of drug-likeness (QED) is 0.0992. The van der Waals surface area contributed by atoms with Crippen LogP contribution in [-0.2, 0) is 30.1 Å². The number of para-hydroxylation sites is 2. The minimum atomic E-state index is -1.47. The summed E-state index contributed by atoms with van der Waals surface area (Å²) in [4.78, 5) is 56.4. The van der Waals surface area contributed by atoms with Crippen LogP contribution in [-0.4, -0.2) is 84.7 Å². The SMILES string of the molecule is C[C@@H]1[C@@H](COC(=O)c2ccc(Br)cc2)[C@]2(C)[C@@H](OC(=O)c3ccc(Br)cc3)[C@@]1(O)c1ccccc1N2C.C[C@H]1[C@H](COC(=O)c2ccc(Br)cc2)[C@@]2(C)[C@H](OC(=O)c3ccc(Br)cc3)[C@]1(O)c1ccccc1N2C. The van der Waals surface area contributed by atoms with Crippen molar-refractivity contribution >= 4 is 99.0 Å². The van der Waals surface area contributed by atoms with Gasteiger partial charge in [0.15, 0.2) is 12.2 Å². The molecule has 0 unspecified atom stereocenters. The van der Waals surface area contributed by atoms with Crippen molar-refractivity contribution < 1.29 is 48.3 Å². The van der Waals surface area contributed by atoms with E-state index in [1.165, 1.54) is 0 Å². The van der Waals surface area contributed by atoms with Crippen molar-refractivity contribution in [2.45, 2.75) is 62.2 Å². The molecular formula is C58H54Br4N2O10. The Hall–Kier alpha value is -5.36. The molecular weight excluding hydrogens is 1200 g/mol. The molecule has 2 heterocycles. The van der Waals surface area contributed by atoms with E-state index in [1.807, 2.05) is 90.3 Å². The molecule has 10 rings (SSSR count). The average Bonchev–Trinajstić information content (AvgIpc) is 3.63. The molecule has 2 N–H and O–H groups in total. The summed E-state index contributed by atoms with van der Waals surface area (Å²) in [6.45, 7) is 7.91. The number of nitrogens with zero attached hydrogens (tertiary/aromatic N) is 2. The predicted molar refractivity (Wildman–Crippen MR) is 295 cm³/mol. The van der Waals surface area contributed by atoms with Gasteiger partial charge in [-0.25, -0.2) is 19.2 Å². The highest BCUT2D eigenvalue weighted by Crippen LogP contribution is 2.63. The number of fused-ring (bicyclic) bond motifs is 8. The largest absolute Gasteiger partial charge is 0.462 e. The topological polar surface area (TPSA) is 152 Å². The summed E-state index contributed by atoms with van der Waals surface area (Å²) >= 11 is 13.5. The third-order valence-corrected chi connectivity index (χ3v) is 18.5. The van der Waals surface area contributed by atoms with E-state index in [9.17, 15) is 29.4 Å². The van der Waals surface area contributed by atoms with E-state index < -0.39 is 58.4 Å². The smallest absolute Gasteiger partial charge is 0.338 e. The first-order chi connectivity index (χ1) is 35.2. The Morgan fingerprint density at radius 3 is 1.03 bits per heavy atom. The number of hydrogen-bond donors (Lipinski definition) is 2. The van der Waals surface area contributed by atoms with Crippen LogP contribution in [0.5, 0.6) is 0 Å². The van der Waals surface area contributed by atoms with Crippen LogP contribution in [0.4, 0.5) is 11.4 Å². The van der Waals surface area contributed by atoms with E-state index >= 15 is 0 Å². The van der Waals surface area contributed by atoms with Crippen molar-refractivity contribution in [3.63, 3.8) is 0 Å². The lowest BCUT2D eigenvalue weighted by molar-refractivity contribution is -0.109. The van der Waals surface area contributed by atoms with Crippen LogP contribution in [0, 0.1) is 23.7 Å². The van der Waals surface area contributed by atoms with Crippen molar-refractivity contribution in [1.29, 1.82) is 0 Å². The lowest BCUT2D eigenvalue weighted by Gasteiger charge is -2.51. The van der Waals surface area contributed by atoms with Crippen LogP contribution in [0.2, 0.25) is 0 Å². The third-order valence-electron chi connectivity index (χ3n) is 16.4. The highest BCUT2D eigenvalue weighted by molar-refractivity contribution is 9.11. The van der Waals surface area contributed by atoms with Crippen LogP contribution < -0.4 is 9.80 Å². The van der Waals surface area contributed by atoms with Gasteiger partial charge >= 0.3 is 23.9 Å². The number of hydrogen-bond acceptors (Lipinski definition) is 12. The van der Waals surface area contributed by atoms with E-state index in [0.717, 1.165) is 29.3 Å². The molecule has 384 valence electrons. The summed E-state index contributed by atoms with van der Waals surface area (Å²) in [5.74, 6) is -3.37. The van der Waals surface area contributed by atoms with Gasteiger partial charge in [-0.3, -0.25) is 0 Å². The van der Waals surface area contributed by atoms with Gasteiger partial charge in [0, 0.05) is 78.2 Å². The maximum Gasteiger partial charge on any atom is 0.338 e. The zero-order valence-electron chi connectivity index (χ0n) is 41.3. The molecule has 0 radical (unpaired) electrons. The minimum absolute atomic E-state index is 0.0551. The third kappa shape index (κ3) is 9.00. The lowest BCUT2D eigenvalue weighted by atomic mass is 9.77. The van der Waals surface area contributed by atoms with Crippen LogP contribution in [0.3, 0.4) is 0 Å². The van der Waals surface area contributed by atoms with Gasteiger partial charge < -0.3 is 39.0 Å². The molecule has 2 aliphatic heterocycles. The molecule has 74 heavy (non-hydrogen) atoms. The van der Waals surface area contributed by atoms with Gasteiger partial charge in [0.25, 0.3) is 0 Å². The number of rotatable bonds is 10. The van der Waals surface area contributed by atoms with Crippen molar-refractivity contribution in [1.82, 2.24) is 0 Å². The number of benzene rings is 6. The molecule has 12 nitrogen and oxygen atoms in total. The predicted octanol–water partition coefficient (Wildman–Crippen LogP) is 11.9. The van der Waals surface area contributed by atoms with Crippen LogP contribution in [0.25, 0.3) is 0 Å². The second kappa shape index (κ2) is 20.6. The molecule has 0 spiro atoms. The molecule has 0 saturated heterocycles. The number of anilines is 2. The van der Waals surface area contributed by atoms with E-state index in [2.05, 4.69) is 73.5 Å². The Bertz CT molecular complexity index is 2900. The summed E-state index contributed by atoms with van der Waals surface area (Å²) in [7, 11) is 3.86. The molecule has 10 atom stereocenters. The van der Waals surface area contributed by atoms with Crippen LogP contribution >= 0.6 is 63.7 Å². The number of likely N-dealkylation sites (N-methyl/N-ethyl adjacent to an activating group) is 2. The molecule has 2 fully saturated rings. The highest BCUT2D eigenvalue weighted by Gasteiger charge is 2.73. The number of esters is 4. The van der Waals surface area contributed by atoms with E-state index in [1.54, 1.807) is 97.1 Å². The number of aliphatic hydroxyl groups is 2. The molecule has 6 aromatic rings. The van der Waals surface area contributed by atoms with Crippen molar-refractivity contribution in [3.8, 4) is 0 Å². The fourth-order valence-corrected chi connectivity index (χ4v) is 13.0. The highest BCUT2D eigenvalue weighted by atomic mass is 79.9. The lowest BCUT2D eigenvalue weighted by Crippen LogP contribution is -2.63. The summed E-state index contributed by atoms with van der Waals surface area (Å²) < 4.78 is 27.3. The molecule has 2 saturated carbocycles. The van der Waals surface area contributed by atoms with Gasteiger partial charge in [-0.05, 0) is 123 Å². The van der Waals surface area contributed by atoms with Crippen molar-refractivity contribution in [2.75, 3.05) is 37.1 Å². The maximum atomic E-state index is 13.3. The molecule has 0 amide bonds. The second-order valence-corrected chi connectivity index (χ2v) is 23.5. The molecule has 16 heteroatoms. The van der Waals surface area contributed by atoms with Gasteiger partial charge in [0.2, 0.25) is 0 Å². The average molecular weight is 1260 g/mol. The van der Waals surface area contributed by atoms with Crippen LogP contribution in [0.15, 0.2) is 163 Å². The number of halogens is 4. The number of carbonyl (C=O) groups is 4. The summed E-state index contributed by atoms with van der Waals surface area (Å²) in [5.41, 5.74) is 0.107. The Labute approximate surface area is 463 Å². The Kier molecular flexibility index (Phi) is 14.9. The Morgan fingerprint density at radius 2 is 0.730 bits per heavy atom.